The molecule has 1 aliphatic heterocycles. The minimum atomic E-state index is -1.94. The largest absolute Gasteiger partial charge is 0.391 e. The first-order valence-electron chi connectivity index (χ1n) is 18.4. The number of β-amino-alcohol motifs (C(OH)–C–C–N with tert-alkyl or cyclic N) is 1. The van der Waals surface area contributed by atoms with E-state index in [1.54, 1.807) is 23.1 Å². The third-order valence-corrected chi connectivity index (χ3v) is 12.9. The summed E-state index contributed by atoms with van der Waals surface area (Å²) in [7, 11) is 0. The van der Waals surface area contributed by atoms with Gasteiger partial charge >= 0.3 is 0 Å². The Hall–Kier alpha value is -2.02. The first-order valence-corrected chi connectivity index (χ1v) is 21.4. The van der Waals surface area contributed by atoms with Crippen LogP contribution in [0.5, 0.6) is 0 Å². The average molecular weight is 796 g/mol. The summed E-state index contributed by atoms with van der Waals surface area (Å²) < 4.78 is 14.1. The van der Waals surface area contributed by atoms with E-state index in [0.717, 1.165) is 45.6 Å². The van der Waals surface area contributed by atoms with Gasteiger partial charge in [-0.05, 0) is 63.3 Å². The summed E-state index contributed by atoms with van der Waals surface area (Å²) in [5, 5.41) is 17.4. The zero-order chi connectivity index (χ0) is 36.1. The molecule has 2 fully saturated rings. The van der Waals surface area contributed by atoms with Crippen LogP contribution in [0.1, 0.15) is 115 Å². The summed E-state index contributed by atoms with van der Waals surface area (Å²) in [4.78, 5) is 47.4. The minimum absolute atomic E-state index is 0.0233. The number of hydrogen-bond acceptors (Lipinski definition) is 7. The van der Waals surface area contributed by atoms with Crippen molar-refractivity contribution in [2.24, 2.45) is 0 Å². The lowest BCUT2D eigenvalue weighted by Crippen LogP contribution is -2.61. The van der Waals surface area contributed by atoms with E-state index in [2.05, 4.69) is 31.5 Å². The molecule has 0 radical (unpaired) electrons. The highest BCUT2D eigenvalue weighted by Gasteiger charge is 2.54. The summed E-state index contributed by atoms with van der Waals surface area (Å²) in [6.07, 6.45) is 13.1. The lowest BCUT2D eigenvalue weighted by molar-refractivity contribution is -0.143. The summed E-state index contributed by atoms with van der Waals surface area (Å²) in [5.41, 5.74) is 2.81. The van der Waals surface area contributed by atoms with E-state index in [1.807, 2.05) is 50.5 Å². The van der Waals surface area contributed by atoms with Crippen molar-refractivity contribution < 1.29 is 23.9 Å². The first kappa shape index (κ1) is 40.7. The Morgan fingerprint density at radius 3 is 2.20 bits per heavy atom. The molecular weight excluding hydrogens is 739 g/mol. The first-order chi connectivity index (χ1) is 23.9. The zero-order valence-corrected chi connectivity index (χ0v) is 33.2. The third-order valence-electron chi connectivity index (χ3n) is 9.86. The van der Waals surface area contributed by atoms with Crippen molar-refractivity contribution in [2.75, 3.05) is 17.6 Å². The number of nitrogens with one attached hydrogen (secondary N) is 2. The van der Waals surface area contributed by atoms with Gasteiger partial charge < -0.3 is 20.6 Å². The Balaban J connectivity index is 1.29. The second-order valence-corrected chi connectivity index (χ2v) is 17.9. The van der Waals surface area contributed by atoms with Gasteiger partial charge in [0, 0.05) is 29.6 Å². The number of aliphatic hydroxyl groups excluding tert-OH is 1. The molecule has 1 saturated carbocycles. The van der Waals surface area contributed by atoms with Crippen LogP contribution in [0.2, 0.25) is 0 Å². The summed E-state index contributed by atoms with van der Waals surface area (Å²) in [5.74, 6) is -0.806. The van der Waals surface area contributed by atoms with Gasteiger partial charge in [-0.1, -0.05) is 98.0 Å². The lowest BCUT2D eigenvalue weighted by Gasteiger charge is -2.37. The van der Waals surface area contributed by atoms with Crippen LogP contribution in [0, 0.1) is 6.92 Å². The molecule has 0 bridgehead atoms. The topological polar surface area (TPSA) is 112 Å². The number of unbranched alkanes of at least 4 members (excludes halogenated alkanes) is 10. The Morgan fingerprint density at radius 1 is 1.04 bits per heavy atom. The monoisotopic (exact) mass is 794 g/mol. The number of rotatable bonds is 22. The number of thioether (sulfide) groups is 1. The molecular formula is C38H56BrFN4O4S2. The smallest absolute Gasteiger partial charge is 0.258 e. The molecule has 1 aromatic carbocycles. The van der Waals surface area contributed by atoms with E-state index in [1.165, 1.54) is 62.7 Å². The maximum Gasteiger partial charge on any atom is 0.258 e. The van der Waals surface area contributed by atoms with E-state index >= 15 is 0 Å². The number of aryl methyl sites for hydroxylation is 1. The van der Waals surface area contributed by atoms with Crippen molar-refractivity contribution in [2.45, 2.75) is 146 Å². The van der Waals surface area contributed by atoms with E-state index in [9.17, 15) is 23.9 Å². The van der Waals surface area contributed by atoms with Crippen LogP contribution < -0.4 is 10.6 Å². The number of amides is 3. The van der Waals surface area contributed by atoms with E-state index in [0.29, 0.717) is 0 Å². The third kappa shape index (κ3) is 12.0. The molecule has 0 unspecified atom stereocenters. The van der Waals surface area contributed by atoms with Crippen molar-refractivity contribution in [3.8, 4) is 10.4 Å². The molecule has 50 heavy (non-hydrogen) atoms. The normalized spacial score (nSPS) is 19.0. The number of carbonyl (C=O) groups excluding carboxylic acids is 3. The highest BCUT2D eigenvalue weighted by molar-refractivity contribution is 9.09. The number of alkyl halides is 2. The number of aliphatic hydroxyl groups is 1. The Bertz CT molecular complexity index is 1390. The van der Waals surface area contributed by atoms with Crippen LogP contribution in [0.25, 0.3) is 10.4 Å². The zero-order valence-electron chi connectivity index (χ0n) is 30.0. The molecule has 2 aliphatic rings. The minimum Gasteiger partial charge on any atom is -0.391 e. The highest BCUT2D eigenvalue weighted by Crippen LogP contribution is 2.41. The molecule has 2 heterocycles. The van der Waals surface area contributed by atoms with Crippen LogP contribution in [-0.2, 0) is 20.9 Å². The summed E-state index contributed by atoms with van der Waals surface area (Å²) in [6, 6.07) is 5.95. The highest BCUT2D eigenvalue weighted by atomic mass is 79.9. The van der Waals surface area contributed by atoms with E-state index in [4.69, 9.17) is 0 Å². The fourth-order valence-electron chi connectivity index (χ4n) is 6.47. The maximum absolute atomic E-state index is 14.9. The number of aromatic nitrogens is 1. The van der Waals surface area contributed by atoms with Crippen molar-refractivity contribution in [1.29, 1.82) is 0 Å². The SMILES string of the molecule is Cc1ncsc1-c1ccc(CNC(=O)[C@@H]2C[C@@H](O)CN2C(=O)[C@@H](NC(=O)C2(F)CC2)C(C)(C)SCCCCCCCCCCCCCBr)cc1. The average Bonchev–Trinajstić information content (AvgIpc) is 3.50. The predicted octanol–water partition coefficient (Wildman–Crippen LogP) is 7.88. The van der Waals surface area contributed by atoms with Crippen molar-refractivity contribution in [3.05, 3.63) is 41.0 Å². The maximum atomic E-state index is 14.9. The number of benzene rings is 1. The van der Waals surface area contributed by atoms with Gasteiger partial charge in [0.1, 0.15) is 12.1 Å². The molecule has 3 amide bonds. The summed E-state index contributed by atoms with van der Waals surface area (Å²) >= 11 is 6.66. The number of hydrogen-bond donors (Lipinski definition) is 3. The van der Waals surface area contributed by atoms with E-state index < -0.39 is 40.4 Å². The predicted molar refractivity (Wildman–Crippen MR) is 206 cm³/mol. The molecule has 2 aromatic rings. The molecule has 1 aromatic heterocycles. The molecule has 0 spiro atoms. The molecule has 1 saturated heterocycles. The number of nitrogens with zero attached hydrogens (tertiary/aromatic N) is 2. The molecule has 3 N–H and O–H groups in total. The quantitative estimate of drug-likeness (QED) is 0.0827. The standard InChI is InChI=1S/C38H56BrFN4O4S2/c1-27-32(49-26-42-27)29-17-15-28(16-18-29)24-41-34(46)31-23-30(45)25-44(31)35(47)33(43-36(48)38(40)19-20-38)37(2,3)50-22-14-12-10-8-6-4-5-7-9-11-13-21-39/h15-18,26,30-31,33,45H,4-14,19-25H2,1-3H3,(H,41,46)(H,43,48)/t30-,31+,33-/m1/s1. The molecule has 12 heteroatoms. The lowest BCUT2D eigenvalue weighted by atomic mass is 10.00. The molecule has 1 aliphatic carbocycles. The van der Waals surface area contributed by atoms with Gasteiger partial charge in [-0.15, -0.1) is 11.3 Å². The number of carbonyl (C=O) groups is 3. The Labute approximate surface area is 314 Å². The number of likely N-dealkylation sites (tertiary alicyclic amines) is 1. The van der Waals surface area contributed by atoms with Crippen LogP contribution in [0.15, 0.2) is 29.8 Å². The van der Waals surface area contributed by atoms with Gasteiger partial charge in [0.05, 0.1) is 22.2 Å². The van der Waals surface area contributed by atoms with Gasteiger partial charge in [-0.3, -0.25) is 14.4 Å². The van der Waals surface area contributed by atoms with Gasteiger partial charge in [0.2, 0.25) is 11.8 Å². The second kappa shape index (κ2) is 19.7. The van der Waals surface area contributed by atoms with Crippen molar-refractivity contribution >= 4 is 56.8 Å². The molecule has 3 atom stereocenters. The van der Waals surface area contributed by atoms with E-state index in [-0.39, 0.29) is 38.3 Å². The van der Waals surface area contributed by atoms with Gasteiger partial charge in [0.15, 0.2) is 5.67 Å². The fourth-order valence-corrected chi connectivity index (χ4v) is 8.88. The van der Waals surface area contributed by atoms with Crippen LogP contribution in [0.3, 0.4) is 0 Å². The molecule has 4 rings (SSSR count). The van der Waals surface area contributed by atoms with Crippen molar-refractivity contribution in [3.63, 3.8) is 0 Å². The summed E-state index contributed by atoms with van der Waals surface area (Å²) in [6.45, 7) is 6.01. The Kier molecular flexibility index (Phi) is 16.1. The van der Waals surface area contributed by atoms with Gasteiger partial charge in [-0.25, -0.2) is 9.37 Å². The number of halogens is 2. The molecule has 8 nitrogen and oxygen atoms in total. The van der Waals surface area contributed by atoms with Crippen molar-refractivity contribution in [1.82, 2.24) is 20.5 Å². The van der Waals surface area contributed by atoms with Crippen LogP contribution in [-0.4, -0.2) is 78.9 Å². The molecule has 278 valence electrons. The van der Waals surface area contributed by atoms with Crippen LogP contribution in [0.4, 0.5) is 4.39 Å². The fraction of sp³-hybridized carbons (Fsp3) is 0.684. The van der Waals surface area contributed by atoms with Gasteiger partial charge in [-0.2, -0.15) is 11.8 Å². The number of thiazole rings is 1. The Morgan fingerprint density at radius 2 is 1.64 bits per heavy atom. The second-order valence-electron chi connectivity index (χ2n) is 14.5. The van der Waals surface area contributed by atoms with Crippen LogP contribution >= 0.6 is 39.0 Å². The van der Waals surface area contributed by atoms with Gasteiger partial charge in [0.25, 0.3) is 5.91 Å².